The minimum atomic E-state index is -4.54. The van der Waals surface area contributed by atoms with Crippen molar-refractivity contribution in [3.05, 3.63) is 60.8 Å². The predicted octanol–water partition coefficient (Wildman–Crippen LogP) is 10.7. The van der Waals surface area contributed by atoms with Gasteiger partial charge in [0, 0.05) is 13.0 Å². The average molecular weight is 738 g/mol. The molecule has 51 heavy (non-hydrogen) atoms. The predicted molar refractivity (Wildman–Crippen MR) is 212 cm³/mol. The highest BCUT2D eigenvalue weighted by Gasteiger charge is 2.20. The number of quaternary nitrogens is 1. The highest BCUT2D eigenvalue weighted by atomic mass is 31.2. The molecule has 0 N–H and O–H groups in total. The zero-order chi connectivity index (χ0) is 37.7. The van der Waals surface area contributed by atoms with Crippen LogP contribution in [0.2, 0.25) is 0 Å². The number of carbonyl (C=O) groups excluding carboxylic acids is 1. The van der Waals surface area contributed by atoms with Gasteiger partial charge in [0.05, 0.1) is 34.4 Å². The molecule has 0 aromatic carbocycles. The number of phosphoric acid groups is 1. The summed E-state index contributed by atoms with van der Waals surface area (Å²) >= 11 is 0. The Bertz CT molecular complexity index is 1000. The maximum Gasteiger partial charge on any atom is 0.306 e. The Hall–Kier alpha value is -1.80. The zero-order valence-corrected chi connectivity index (χ0v) is 34.2. The summed E-state index contributed by atoms with van der Waals surface area (Å²) in [5.41, 5.74) is 0. The summed E-state index contributed by atoms with van der Waals surface area (Å²) in [4.78, 5) is 24.9. The van der Waals surface area contributed by atoms with Gasteiger partial charge in [-0.2, -0.15) is 0 Å². The fraction of sp³-hybridized carbons (Fsp3) is 0.738. The van der Waals surface area contributed by atoms with E-state index in [0.29, 0.717) is 24.1 Å². The lowest BCUT2D eigenvalue weighted by atomic mass is 10.1. The Labute approximate surface area is 313 Å². The zero-order valence-electron chi connectivity index (χ0n) is 33.3. The van der Waals surface area contributed by atoms with Crippen LogP contribution in [0.5, 0.6) is 0 Å². The van der Waals surface area contributed by atoms with Gasteiger partial charge < -0.3 is 27.9 Å². The van der Waals surface area contributed by atoms with E-state index in [1.165, 1.54) is 70.6 Å². The summed E-state index contributed by atoms with van der Waals surface area (Å²) < 4.78 is 34.4. The Balaban J connectivity index is 4.39. The third-order valence-corrected chi connectivity index (χ3v) is 9.03. The van der Waals surface area contributed by atoms with Gasteiger partial charge in [0.25, 0.3) is 7.82 Å². The fourth-order valence-corrected chi connectivity index (χ4v) is 5.69. The van der Waals surface area contributed by atoms with Gasteiger partial charge in [-0.25, -0.2) is 0 Å². The van der Waals surface area contributed by atoms with Crippen LogP contribution in [-0.2, 0) is 27.9 Å². The second-order valence-corrected chi connectivity index (χ2v) is 15.7. The van der Waals surface area contributed by atoms with Crippen LogP contribution in [0.3, 0.4) is 0 Å². The van der Waals surface area contributed by atoms with Crippen molar-refractivity contribution in [1.29, 1.82) is 0 Å². The minimum absolute atomic E-state index is 0.00998. The van der Waals surface area contributed by atoms with Gasteiger partial charge >= 0.3 is 5.97 Å². The summed E-state index contributed by atoms with van der Waals surface area (Å²) in [6.07, 6.45) is 42.5. The van der Waals surface area contributed by atoms with Gasteiger partial charge in [0.1, 0.15) is 19.3 Å². The number of phosphoric ester groups is 1. The van der Waals surface area contributed by atoms with E-state index in [0.717, 1.165) is 44.9 Å². The maximum atomic E-state index is 12.6. The van der Waals surface area contributed by atoms with E-state index in [1.807, 2.05) is 33.3 Å². The van der Waals surface area contributed by atoms with Crippen molar-refractivity contribution in [2.45, 2.75) is 148 Å². The molecular formula is C42H76NO7P. The summed E-state index contributed by atoms with van der Waals surface area (Å²) in [7, 11) is 1.30. The maximum absolute atomic E-state index is 12.6. The van der Waals surface area contributed by atoms with Crippen LogP contribution in [0.1, 0.15) is 142 Å². The van der Waals surface area contributed by atoms with Crippen LogP contribution in [0.25, 0.3) is 0 Å². The highest BCUT2D eigenvalue weighted by Crippen LogP contribution is 2.38. The molecule has 2 unspecified atom stereocenters. The number of nitrogens with zero attached hydrogens (tertiary/aromatic N) is 1. The molecule has 0 aromatic heterocycles. The lowest BCUT2D eigenvalue weighted by molar-refractivity contribution is -0.870. The molecule has 0 spiro atoms. The molecule has 0 bridgehead atoms. The van der Waals surface area contributed by atoms with Gasteiger partial charge in [-0.15, -0.1) is 0 Å². The number of unbranched alkanes of at least 4 members (excludes halogenated alkanes) is 12. The summed E-state index contributed by atoms with van der Waals surface area (Å²) in [6.45, 7) is 5.15. The monoisotopic (exact) mass is 738 g/mol. The molecule has 9 heteroatoms. The summed E-state index contributed by atoms with van der Waals surface area (Å²) in [5, 5.41) is 0. The van der Waals surface area contributed by atoms with Gasteiger partial charge in [-0.3, -0.25) is 9.36 Å². The minimum Gasteiger partial charge on any atom is -0.756 e. The first-order valence-corrected chi connectivity index (χ1v) is 21.5. The lowest BCUT2D eigenvalue weighted by Gasteiger charge is -2.28. The van der Waals surface area contributed by atoms with Crippen molar-refractivity contribution in [3.63, 3.8) is 0 Å². The number of likely N-dealkylation sites (N-methyl/N-ethyl adjacent to an activating group) is 1. The number of hydrogen-bond donors (Lipinski definition) is 0. The molecule has 0 aliphatic heterocycles. The van der Waals surface area contributed by atoms with Gasteiger partial charge in [0.15, 0.2) is 0 Å². The second kappa shape index (κ2) is 35.2. The molecule has 0 saturated carbocycles. The molecule has 0 heterocycles. The molecule has 0 fully saturated rings. The third kappa shape index (κ3) is 39.2. The van der Waals surface area contributed by atoms with E-state index in [-0.39, 0.29) is 26.2 Å². The van der Waals surface area contributed by atoms with Crippen molar-refractivity contribution in [1.82, 2.24) is 0 Å². The van der Waals surface area contributed by atoms with Crippen LogP contribution in [0, 0.1) is 0 Å². The van der Waals surface area contributed by atoms with Crippen LogP contribution in [0.15, 0.2) is 60.8 Å². The first-order valence-electron chi connectivity index (χ1n) is 20.0. The second-order valence-electron chi connectivity index (χ2n) is 14.3. The van der Waals surface area contributed by atoms with Crippen LogP contribution < -0.4 is 4.89 Å². The topological polar surface area (TPSA) is 94.1 Å². The van der Waals surface area contributed by atoms with Crippen molar-refractivity contribution >= 4 is 13.8 Å². The number of allylic oxidation sites excluding steroid dienone is 10. The Morgan fingerprint density at radius 3 is 1.71 bits per heavy atom. The summed E-state index contributed by atoms with van der Waals surface area (Å²) in [5.74, 6) is -0.418. The largest absolute Gasteiger partial charge is 0.756 e. The van der Waals surface area contributed by atoms with Gasteiger partial charge in [-0.1, -0.05) is 132 Å². The van der Waals surface area contributed by atoms with Gasteiger partial charge in [0.2, 0.25) is 0 Å². The molecule has 0 radical (unpaired) electrons. The number of carbonyl (C=O) groups is 1. The Kier molecular flexibility index (Phi) is 34.0. The van der Waals surface area contributed by atoms with Crippen molar-refractivity contribution in [2.75, 3.05) is 54.1 Å². The van der Waals surface area contributed by atoms with E-state index in [2.05, 4.69) is 62.5 Å². The Morgan fingerprint density at radius 1 is 0.627 bits per heavy atom. The molecular weight excluding hydrogens is 661 g/mol. The van der Waals surface area contributed by atoms with Crippen molar-refractivity contribution in [2.24, 2.45) is 0 Å². The van der Waals surface area contributed by atoms with Crippen LogP contribution in [0.4, 0.5) is 0 Å². The van der Waals surface area contributed by atoms with E-state index < -0.39 is 19.9 Å². The summed E-state index contributed by atoms with van der Waals surface area (Å²) in [6, 6.07) is 0. The molecule has 0 aromatic rings. The van der Waals surface area contributed by atoms with E-state index in [4.69, 9.17) is 18.5 Å². The first-order chi connectivity index (χ1) is 24.6. The van der Waals surface area contributed by atoms with Crippen LogP contribution in [-0.4, -0.2) is 70.7 Å². The van der Waals surface area contributed by atoms with E-state index in [1.54, 1.807) is 0 Å². The SMILES string of the molecule is CC/C=C\C/C=C\C/C=C\C/C=C\CCC(=O)OC(COCCCCCCCC/C=C\CCCCCCCC)COP(=O)([O-])OCC[N+](C)(C)C. The van der Waals surface area contributed by atoms with Gasteiger partial charge in [-0.05, 0) is 64.2 Å². The number of hydrogen-bond acceptors (Lipinski definition) is 7. The fourth-order valence-electron chi connectivity index (χ4n) is 4.96. The van der Waals surface area contributed by atoms with Crippen molar-refractivity contribution in [3.8, 4) is 0 Å². The smallest absolute Gasteiger partial charge is 0.306 e. The lowest BCUT2D eigenvalue weighted by Crippen LogP contribution is -2.37. The molecule has 2 atom stereocenters. The molecule has 0 aliphatic carbocycles. The molecule has 296 valence electrons. The highest BCUT2D eigenvalue weighted by molar-refractivity contribution is 7.45. The molecule has 0 aliphatic rings. The number of esters is 1. The van der Waals surface area contributed by atoms with Crippen LogP contribution >= 0.6 is 7.82 Å². The van der Waals surface area contributed by atoms with E-state index in [9.17, 15) is 14.3 Å². The quantitative estimate of drug-likeness (QED) is 0.0208. The Morgan fingerprint density at radius 2 is 1.14 bits per heavy atom. The van der Waals surface area contributed by atoms with E-state index >= 15 is 0 Å². The molecule has 0 amide bonds. The number of rotatable bonds is 36. The molecule has 0 rings (SSSR count). The normalized spacial score (nSPS) is 14.5. The molecule has 0 saturated heterocycles. The first kappa shape index (κ1) is 49.2. The average Bonchev–Trinajstić information content (AvgIpc) is 3.08. The third-order valence-electron chi connectivity index (χ3n) is 8.07. The molecule has 8 nitrogen and oxygen atoms in total. The standard InChI is InChI=1S/C42H76NO7P/c1-6-8-10-12-14-16-18-20-21-22-24-26-28-30-32-34-37-47-39-41(40-49-51(45,46)48-38-36-43(3,4)5)50-42(44)35-33-31-29-27-25-23-19-17-15-13-11-9-7-2/h9,11,15,17,20-21,23,25,29,31,41H,6-8,10,12-14,16,18-19,22,24,26-28,30,32-40H2,1-5H3/b11-9-,17-15-,21-20-,25-23-,31-29-. The van der Waals surface area contributed by atoms with Crippen molar-refractivity contribution < 1.29 is 37.3 Å². The number of ether oxygens (including phenoxy) is 2.